The Hall–Kier alpha value is -2.60. The van der Waals surface area contributed by atoms with Crippen LogP contribution >= 0.6 is 11.6 Å². The zero-order valence-corrected chi connectivity index (χ0v) is 16.2. The van der Waals surface area contributed by atoms with Gasteiger partial charge in [0.2, 0.25) is 11.8 Å². The number of halogens is 2. The number of carbonyl (C=O) groups excluding carboxylic acids is 2. The molecule has 2 aromatic carbocycles. The van der Waals surface area contributed by atoms with Crippen LogP contribution in [0.25, 0.3) is 0 Å². The molecule has 2 amide bonds. The summed E-state index contributed by atoms with van der Waals surface area (Å²) in [7, 11) is 0. The van der Waals surface area contributed by atoms with Crippen molar-refractivity contribution >= 4 is 40.5 Å². The van der Waals surface area contributed by atoms with Gasteiger partial charge in [-0.15, -0.1) is 0 Å². The number of nitrogens with one attached hydrogen (secondary N) is 3. The molecule has 0 bridgehead atoms. The quantitative estimate of drug-likeness (QED) is 0.628. The van der Waals surface area contributed by atoms with E-state index in [1.54, 1.807) is 31.2 Å². The molecule has 0 aliphatic rings. The van der Waals surface area contributed by atoms with Crippen LogP contribution in [0.5, 0.6) is 0 Å². The molecule has 27 heavy (non-hydrogen) atoms. The van der Waals surface area contributed by atoms with Gasteiger partial charge in [-0.05, 0) is 55.3 Å². The first-order valence-electron chi connectivity index (χ1n) is 8.67. The van der Waals surface area contributed by atoms with Crippen LogP contribution in [0.15, 0.2) is 42.5 Å². The number of hydrogen-bond donors (Lipinski definition) is 3. The second kappa shape index (κ2) is 9.37. The Morgan fingerprint density at radius 2 is 1.63 bits per heavy atom. The molecule has 0 aliphatic carbocycles. The second-order valence-electron chi connectivity index (χ2n) is 6.70. The number of carbonyl (C=O) groups is 2. The van der Waals surface area contributed by atoms with E-state index >= 15 is 0 Å². The third-order valence-electron chi connectivity index (χ3n) is 3.73. The van der Waals surface area contributed by atoms with E-state index in [-0.39, 0.29) is 28.4 Å². The minimum atomic E-state index is -0.596. The Kier molecular flexibility index (Phi) is 7.19. The first-order chi connectivity index (χ1) is 12.7. The number of anilines is 3. The SMILES string of the molecule is CC(C)CC(=O)Nc1ccc(NC(C)C(=O)Nc2ccc(Cl)cc2F)cc1. The number of rotatable bonds is 7. The van der Waals surface area contributed by atoms with Gasteiger partial charge in [0.25, 0.3) is 0 Å². The molecule has 2 aromatic rings. The Morgan fingerprint density at radius 3 is 2.22 bits per heavy atom. The topological polar surface area (TPSA) is 70.2 Å². The van der Waals surface area contributed by atoms with Crippen molar-refractivity contribution in [3.8, 4) is 0 Å². The standard InChI is InChI=1S/C20H23ClFN3O2/c1-12(2)10-19(26)24-16-7-5-15(6-8-16)23-13(3)20(27)25-18-9-4-14(21)11-17(18)22/h4-9,11-13,23H,10H2,1-3H3,(H,24,26)(H,25,27). The summed E-state index contributed by atoms with van der Waals surface area (Å²) in [5.74, 6) is -0.727. The van der Waals surface area contributed by atoms with Crippen molar-refractivity contribution in [3.05, 3.63) is 53.3 Å². The van der Waals surface area contributed by atoms with Gasteiger partial charge < -0.3 is 16.0 Å². The summed E-state index contributed by atoms with van der Waals surface area (Å²) in [4.78, 5) is 24.0. The van der Waals surface area contributed by atoms with Crippen LogP contribution in [0.2, 0.25) is 5.02 Å². The summed E-state index contributed by atoms with van der Waals surface area (Å²) in [5, 5.41) is 8.64. The van der Waals surface area contributed by atoms with Gasteiger partial charge in [-0.3, -0.25) is 9.59 Å². The molecule has 1 atom stereocenters. The lowest BCUT2D eigenvalue weighted by Crippen LogP contribution is -2.32. The molecule has 0 aliphatic heterocycles. The summed E-state index contributed by atoms with van der Waals surface area (Å²) in [6.45, 7) is 5.63. The number of amides is 2. The summed E-state index contributed by atoms with van der Waals surface area (Å²) in [6.07, 6.45) is 0.457. The van der Waals surface area contributed by atoms with Crippen LogP contribution in [-0.2, 0) is 9.59 Å². The van der Waals surface area contributed by atoms with Crippen LogP contribution in [0.4, 0.5) is 21.5 Å². The number of hydrogen-bond acceptors (Lipinski definition) is 3. The predicted molar refractivity (Wildman–Crippen MR) is 108 cm³/mol. The fourth-order valence-corrected chi connectivity index (χ4v) is 2.54. The van der Waals surface area contributed by atoms with Gasteiger partial charge in [0.1, 0.15) is 11.9 Å². The third kappa shape index (κ3) is 6.57. The molecule has 1 unspecified atom stereocenters. The lowest BCUT2D eigenvalue weighted by atomic mass is 10.1. The van der Waals surface area contributed by atoms with Crippen LogP contribution in [-0.4, -0.2) is 17.9 Å². The van der Waals surface area contributed by atoms with Gasteiger partial charge in [-0.25, -0.2) is 4.39 Å². The summed E-state index contributed by atoms with van der Waals surface area (Å²) in [5.41, 5.74) is 1.46. The minimum absolute atomic E-state index is 0.0385. The molecular formula is C20H23ClFN3O2. The lowest BCUT2D eigenvalue weighted by Gasteiger charge is -2.16. The Balaban J connectivity index is 1.91. The Bertz CT molecular complexity index is 809. The first kappa shape index (κ1) is 20.7. The molecule has 0 fully saturated rings. The van der Waals surface area contributed by atoms with Gasteiger partial charge in [-0.2, -0.15) is 0 Å². The molecule has 0 spiro atoms. The highest BCUT2D eigenvalue weighted by molar-refractivity contribution is 6.30. The van der Waals surface area contributed by atoms with Gasteiger partial charge in [0.05, 0.1) is 5.69 Å². The average molecular weight is 392 g/mol. The van der Waals surface area contributed by atoms with Crippen molar-refractivity contribution in [2.24, 2.45) is 5.92 Å². The zero-order valence-electron chi connectivity index (χ0n) is 15.5. The largest absolute Gasteiger partial charge is 0.374 e. The van der Waals surface area contributed by atoms with E-state index in [2.05, 4.69) is 16.0 Å². The van der Waals surface area contributed by atoms with Crippen LogP contribution < -0.4 is 16.0 Å². The second-order valence-corrected chi connectivity index (χ2v) is 7.14. The fraction of sp³-hybridized carbons (Fsp3) is 0.300. The average Bonchev–Trinajstić information content (AvgIpc) is 2.58. The smallest absolute Gasteiger partial charge is 0.246 e. The molecule has 0 aromatic heterocycles. The first-order valence-corrected chi connectivity index (χ1v) is 9.04. The maximum Gasteiger partial charge on any atom is 0.246 e. The van der Waals surface area contributed by atoms with Crippen molar-refractivity contribution in [1.82, 2.24) is 0 Å². The molecular weight excluding hydrogens is 369 g/mol. The summed E-state index contributed by atoms with van der Waals surface area (Å²) in [6, 6.07) is 10.5. The summed E-state index contributed by atoms with van der Waals surface area (Å²) >= 11 is 5.70. The van der Waals surface area contributed by atoms with Crippen molar-refractivity contribution in [2.75, 3.05) is 16.0 Å². The molecule has 0 saturated heterocycles. The third-order valence-corrected chi connectivity index (χ3v) is 3.96. The van der Waals surface area contributed by atoms with Crippen molar-refractivity contribution < 1.29 is 14.0 Å². The highest BCUT2D eigenvalue weighted by Gasteiger charge is 2.15. The van der Waals surface area contributed by atoms with Gasteiger partial charge in [-0.1, -0.05) is 25.4 Å². The molecule has 0 heterocycles. The highest BCUT2D eigenvalue weighted by atomic mass is 35.5. The van der Waals surface area contributed by atoms with E-state index in [9.17, 15) is 14.0 Å². The molecule has 7 heteroatoms. The Morgan fingerprint density at radius 1 is 1.00 bits per heavy atom. The molecule has 0 saturated carbocycles. The van der Waals surface area contributed by atoms with Gasteiger partial charge in [0.15, 0.2) is 0 Å². The van der Waals surface area contributed by atoms with Crippen LogP contribution in [0.1, 0.15) is 27.2 Å². The van der Waals surface area contributed by atoms with E-state index in [1.165, 1.54) is 12.1 Å². The van der Waals surface area contributed by atoms with Crippen molar-refractivity contribution in [2.45, 2.75) is 33.2 Å². The predicted octanol–water partition coefficient (Wildman–Crippen LogP) is 4.90. The molecule has 5 nitrogen and oxygen atoms in total. The van der Waals surface area contributed by atoms with Crippen molar-refractivity contribution in [1.29, 1.82) is 0 Å². The maximum absolute atomic E-state index is 13.8. The highest BCUT2D eigenvalue weighted by Crippen LogP contribution is 2.20. The molecule has 3 N–H and O–H groups in total. The maximum atomic E-state index is 13.8. The molecule has 144 valence electrons. The van der Waals surface area contributed by atoms with E-state index in [4.69, 9.17) is 11.6 Å². The van der Waals surface area contributed by atoms with Gasteiger partial charge in [0, 0.05) is 22.8 Å². The monoisotopic (exact) mass is 391 g/mol. The van der Waals surface area contributed by atoms with Crippen LogP contribution in [0, 0.1) is 11.7 Å². The normalized spacial score (nSPS) is 11.8. The number of benzene rings is 2. The summed E-state index contributed by atoms with van der Waals surface area (Å²) < 4.78 is 13.8. The molecule has 0 radical (unpaired) electrons. The van der Waals surface area contributed by atoms with Gasteiger partial charge >= 0.3 is 0 Å². The fourth-order valence-electron chi connectivity index (χ4n) is 2.38. The van der Waals surface area contributed by atoms with Crippen LogP contribution in [0.3, 0.4) is 0 Å². The lowest BCUT2D eigenvalue weighted by molar-refractivity contribution is -0.117. The zero-order chi connectivity index (χ0) is 20.0. The van der Waals surface area contributed by atoms with Crippen molar-refractivity contribution in [3.63, 3.8) is 0 Å². The van der Waals surface area contributed by atoms with E-state index in [0.717, 1.165) is 6.07 Å². The molecule has 2 rings (SSSR count). The van der Waals surface area contributed by atoms with E-state index in [1.807, 2.05) is 13.8 Å². The minimum Gasteiger partial charge on any atom is -0.374 e. The van der Waals surface area contributed by atoms with E-state index < -0.39 is 11.9 Å². The Labute approximate surface area is 163 Å². The van der Waals surface area contributed by atoms with E-state index in [0.29, 0.717) is 17.8 Å².